The van der Waals surface area contributed by atoms with Crippen molar-refractivity contribution in [3.8, 4) is 0 Å². The highest BCUT2D eigenvalue weighted by molar-refractivity contribution is 6.31. The van der Waals surface area contributed by atoms with E-state index in [1.54, 1.807) is 19.1 Å². The van der Waals surface area contributed by atoms with Gasteiger partial charge in [-0.25, -0.2) is 4.79 Å². The number of carbonyl (C=O) groups is 2. The number of halogens is 1. The summed E-state index contributed by atoms with van der Waals surface area (Å²) in [6.07, 6.45) is 0. The van der Waals surface area contributed by atoms with Crippen molar-refractivity contribution in [1.82, 2.24) is 4.98 Å². The second-order valence-electron chi connectivity index (χ2n) is 6.37. The van der Waals surface area contributed by atoms with Gasteiger partial charge in [0.1, 0.15) is 5.69 Å². The fourth-order valence-electron chi connectivity index (χ4n) is 2.80. The average molecular weight is 414 g/mol. The molecule has 0 atom stereocenters. The molecule has 1 amide bonds. The highest BCUT2D eigenvalue weighted by Crippen LogP contribution is 2.27. The molecule has 1 N–H and O–H groups in total. The molecule has 0 saturated carbocycles. The Kier molecular flexibility index (Phi) is 5.74. The van der Waals surface area contributed by atoms with Gasteiger partial charge in [-0.1, -0.05) is 23.2 Å². The molecule has 0 aliphatic heterocycles. The van der Waals surface area contributed by atoms with Crippen molar-refractivity contribution >= 4 is 45.8 Å². The van der Waals surface area contributed by atoms with E-state index in [0.29, 0.717) is 16.6 Å². The lowest BCUT2D eigenvalue weighted by Crippen LogP contribution is -2.21. The molecule has 8 nitrogen and oxygen atoms in total. The highest BCUT2D eigenvalue weighted by atomic mass is 35.5. The van der Waals surface area contributed by atoms with Crippen molar-refractivity contribution in [3.63, 3.8) is 0 Å². The number of fused-ring (bicyclic) bond motifs is 1. The summed E-state index contributed by atoms with van der Waals surface area (Å²) in [7, 11) is 0. The molecule has 3 aromatic rings. The molecule has 9 heteroatoms. The van der Waals surface area contributed by atoms with E-state index in [1.165, 1.54) is 18.2 Å². The lowest BCUT2D eigenvalue weighted by atomic mass is 10.1. The number of benzene rings is 2. The minimum Gasteiger partial charge on any atom is -0.452 e. The van der Waals surface area contributed by atoms with Crippen LogP contribution in [-0.2, 0) is 9.53 Å². The van der Waals surface area contributed by atoms with Gasteiger partial charge in [0.15, 0.2) is 6.61 Å². The number of ether oxygens (including phenoxy) is 1. The predicted molar refractivity (Wildman–Crippen MR) is 108 cm³/mol. The molecule has 0 fully saturated rings. The third kappa shape index (κ3) is 4.67. The third-order valence-electron chi connectivity index (χ3n) is 4.08. The lowest BCUT2D eigenvalue weighted by molar-refractivity contribution is -0.383. The Bertz CT molecular complexity index is 1150. The van der Waals surface area contributed by atoms with Crippen LogP contribution in [0.25, 0.3) is 10.9 Å². The number of amides is 1. The number of esters is 1. The van der Waals surface area contributed by atoms with Gasteiger partial charge in [-0.2, -0.15) is 0 Å². The number of hydrogen-bond donors (Lipinski definition) is 1. The molecule has 0 spiro atoms. The number of nitrogens with zero attached hydrogens (tertiary/aromatic N) is 2. The summed E-state index contributed by atoms with van der Waals surface area (Å²) >= 11 is 5.83. The van der Waals surface area contributed by atoms with Gasteiger partial charge in [0.25, 0.3) is 11.6 Å². The van der Waals surface area contributed by atoms with Gasteiger partial charge >= 0.3 is 5.97 Å². The monoisotopic (exact) mass is 413 g/mol. The Balaban J connectivity index is 1.76. The quantitative estimate of drug-likeness (QED) is 0.381. The number of rotatable bonds is 5. The molecule has 1 heterocycles. The summed E-state index contributed by atoms with van der Waals surface area (Å²) in [6, 6.07) is 10.9. The molecule has 0 radical (unpaired) electrons. The van der Waals surface area contributed by atoms with Crippen molar-refractivity contribution in [1.29, 1.82) is 0 Å². The van der Waals surface area contributed by atoms with Crippen LogP contribution in [-0.4, -0.2) is 28.4 Å². The lowest BCUT2D eigenvalue weighted by Gasteiger charge is -2.10. The summed E-state index contributed by atoms with van der Waals surface area (Å²) in [5.74, 6) is -1.42. The first kappa shape index (κ1) is 20.2. The number of carbonyl (C=O) groups excluding carboxylic acids is 2. The maximum Gasteiger partial charge on any atom is 0.339 e. The van der Waals surface area contributed by atoms with Gasteiger partial charge < -0.3 is 10.1 Å². The van der Waals surface area contributed by atoms with E-state index in [9.17, 15) is 19.7 Å². The fraction of sp³-hybridized carbons (Fsp3) is 0.150. The number of nitro groups is 1. The van der Waals surface area contributed by atoms with Crippen LogP contribution in [0.3, 0.4) is 0 Å². The molecule has 0 saturated heterocycles. The van der Waals surface area contributed by atoms with E-state index in [2.05, 4.69) is 10.3 Å². The predicted octanol–water partition coefficient (Wildman–Crippen LogP) is 4.21. The minimum atomic E-state index is -0.727. The van der Waals surface area contributed by atoms with Crippen LogP contribution in [0.15, 0.2) is 42.5 Å². The van der Waals surface area contributed by atoms with Crippen LogP contribution < -0.4 is 5.32 Å². The Labute approximate surface area is 170 Å². The van der Waals surface area contributed by atoms with Gasteiger partial charge in [-0.3, -0.25) is 19.9 Å². The summed E-state index contributed by atoms with van der Waals surface area (Å²) in [4.78, 5) is 39.5. The normalized spacial score (nSPS) is 10.6. The number of nitrogens with one attached hydrogen (secondary N) is 1. The van der Waals surface area contributed by atoms with E-state index >= 15 is 0 Å². The average Bonchev–Trinajstić information content (AvgIpc) is 2.65. The number of hydrogen-bond acceptors (Lipinski definition) is 6. The summed E-state index contributed by atoms with van der Waals surface area (Å²) in [5, 5.41) is 14.2. The van der Waals surface area contributed by atoms with Gasteiger partial charge in [-0.15, -0.1) is 0 Å². The topological polar surface area (TPSA) is 111 Å². The van der Waals surface area contributed by atoms with Crippen molar-refractivity contribution < 1.29 is 19.2 Å². The van der Waals surface area contributed by atoms with Crippen LogP contribution in [0.5, 0.6) is 0 Å². The van der Waals surface area contributed by atoms with Crippen LogP contribution in [0.1, 0.15) is 21.6 Å². The van der Waals surface area contributed by atoms with Gasteiger partial charge in [0.2, 0.25) is 0 Å². The first-order valence-electron chi connectivity index (χ1n) is 8.53. The van der Waals surface area contributed by atoms with Crippen molar-refractivity contribution in [2.45, 2.75) is 13.8 Å². The number of anilines is 1. The maximum absolute atomic E-state index is 12.5. The molecule has 0 aliphatic carbocycles. The standard InChI is InChI=1S/C20H16ClN3O5/c1-11-3-5-16-14(7-11)15(8-12(2)22-16)20(26)29-10-19(25)23-17-9-13(21)4-6-18(17)24(27)28/h3-9H,10H2,1-2H3,(H,23,25). The number of aryl methyl sites for hydroxylation is 2. The van der Waals surface area contributed by atoms with E-state index in [4.69, 9.17) is 16.3 Å². The highest BCUT2D eigenvalue weighted by Gasteiger charge is 2.19. The van der Waals surface area contributed by atoms with Crippen LogP contribution >= 0.6 is 11.6 Å². The summed E-state index contributed by atoms with van der Waals surface area (Å²) in [6.45, 7) is 3.03. The Hall–Kier alpha value is -3.52. The van der Waals surface area contributed by atoms with Gasteiger partial charge in [0, 0.05) is 22.2 Å². The molecule has 3 rings (SSSR count). The SMILES string of the molecule is Cc1ccc2nc(C)cc(C(=O)OCC(=O)Nc3cc(Cl)ccc3[N+](=O)[O-])c2c1. The first-order valence-corrected chi connectivity index (χ1v) is 8.91. The van der Waals surface area contributed by atoms with Crippen molar-refractivity contribution in [2.24, 2.45) is 0 Å². The molecule has 29 heavy (non-hydrogen) atoms. The van der Waals surface area contributed by atoms with Gasteiger partial charge in [0.05, 0.1) is 16.0 Å². The maximum atomic E-state index is 12.5. The number of pyridine rings is 1. The molecule has 0 aliphatic rings. The zero-order valence-electron chi connectivity index (χ0n) is 15.6. The Morgan fingerprint density at radius 3 is 2.66 bits per heavy atom. The first-order chi connectivity index (χ1) is 13.7. The molecule has 1 aromatic heterocycles. The van der Waals surface area contributed by atoms with E-state index in [1.807, 2.05) is 19.1 Å². The number of aromatic nitrogens is 1. The van der Waals surface area contributed by atoms with Crippen LogP contribution in [0.4, 0.5) is 11.4 Å². The van der Waals surface area contributed by atoms with Crippen LogP contribution in [0.2, 0.25) is 5.02 Å². The largest absolute Gasteiger partial charge is 0.452 e. The molecular formula is C20H16ClN3O5. The molecule has 148 valence electrons. The van der Waals surface area contributed by atoms with Crippen molar-refractivity contribution in [3.05, 3.63) is 74.4 Å². The summed E-state index contributed by atoms with van der Waals surface area (Å²) < 4.78 is 5.11. The molecule has 0 unspecified atom stereocenters. The molecule has 0 bridgehead atoms. The smallest absolute Gasteiger partial charge is 0.339 e. The number of nitro benzene ring substituents is 1. The van der Waals surface area contributed by atoms with Crippen molar-refractivity contribution in [2.75, 3.05) is 11.9 Å². The minimum absolute atomic E-state index is 0.0793. The second kappa shape index (κ2) is 8.24. The third-order valence-corrected chi connectivity index (χ3v) is 4.31. The second-order valence-corrected chi connectivity index (χ2v) is 6.81. The van der Waals surface area contributed by atoms with E-state index in [-0.39, 0.29) is 22.0 Å². The Morgan fingerprint density at radius 2 is 1.93 bits per heavy atom. The zero-order valence-corrected chi connectivity index (χ0v) is 16.3. The fourth-order valence-corrected chi connectivity index (χ4v) is 2.98. The van der Waals surface area contributed by atoms with E-state index in [0.717, 1.165) is 5.56 Å². The van der Waals surface area contributed by atoms with Gasteiger partial charge in [-0.05, 0) is 44.2 Å². The molecular weight excluding hydrogens is 398 g/mol. The van der Waals surface area contributed by atoms with E-state index < -0.39 is 23.4 Å². The Morgan fingerprint density at radius 1 is 1.17 bits per heavy atom. The molecule has 2 aromatic carbocycles. The summed E-state index contributed by atoms with van der Waals surface area (Å²) in [5.41, 5.74) is 2.11. The zero-order chi connectivity index (χ0) is 21.1. The van der Waals surface area contributed by atoms with Crippen LogP contribution in [0, 0.1) is 24.0 Å².